The Kier molecular flexibility index (Phi) is 4.80. The topological polar surface area (TPSA) is 93.5 Å². The molecule has 0 saturated carbocycles. The number of halogens is 1. The number of methoxy groups -OCH3 is 1. The molecule has 7 nitrogen and oxygen atoms in total. The molecule has 2 aromatic carbocycles. The third-order valence-electron chi connectivity index (χ3n) is 2.80. The molecule has 2 N–H and O–H groups in total. The van der Waals surface area contributed by atoms with E-state index in [4.69, 9.17) is 16.3 Å². The highest BCUT2D eigenvalue weighted by atomic mass is 35.5. The van der Waals surface area contributed by atoms with E-state index in [1.165, 1.54) is 37.4 Å². The van der Waals surface area contributed by atoms with E-state index in [1.807, 2.05) is 0 Å². The van der Waals surface area contributed by atoms with Gasteiger partial charge in [0.05, 0.1) is 23.3 Å². The summed E-state index contributed by atoms with van der Waals surface area (Å²) in [5.41, 5.74) is 5.86. The summed E-state index contributed by atoms with van der Waals surface area (Å²) < 4.78 is 5.09. The second-order valence-corrected chi connectivity index (χ2v) is 4.66. The van der Waals surface area contributed by atoms with E-state index in [2.05, 4.69) is 10.9 Å². The maximum Gasteiger partial charge on any atom is 0.273 e. The normalized spacial score (nSPS) is 9.91. The monoisotopic (exact) mass is 321 g/mol. The average Bonchev–Trinajstić information content (AvgIpc) is 2.53. The Morgan fingerprint density at radius 3 is 2.50 bits per heavy atom. The number of nitrogens with one attached hydrogen (secondary N) is 2. The number of anilines is 1. The molecule has 22 heavy (non-hydrogen) atoms. The van der Waals surface area contributed by atoms with Gasteiger partial charge in [-0.2, -0.15) is 0 Å². The molecule has 0 fully saturated rings. The minimum Gasteiger partial charge on any atom is -0.496 e. The molecule has 0 aliphatic carbocycles. The Balaban J connectivity index is 2.06. The van der Waals surface area contributed by atoms with Crippen molar-refractivity contribution in [3.8, 4) is 5.75 Å². The Bertz CT molecular complexity index is 704. The summed E-state index contributed by atoms with van der Waals surface area (Å²) in [6.07, 6.45) is 0. The van der Waals surface area contributed by atoms with E-state index in [0.717, 1.165) is 0 Å². The van der Waals surface area contributed by atoms with Crippen molar-refractivity contribution >= 4 is 28.9 Å². The lowest BCUT2D eigenvalue weighted by molar-refractivity contribution is -0.384. The fourth-order valence-electron chi connectivity index (χ4n) is 1.72. The zero-order chi connectivity index (χ0) is 16.1. The van der Waals surface area contributed by atoms with Crippen LogP contribution >= 0.6 is 11.6 Å². The van der Waals surface area contributed by atoms with Gasteiger partial charge in [-0.3, -0.25) is 25.8 Å². The summed E-state index contributed by atoms with van der Waals surface area (Å²) >= 11 is 5.86. The smallest absolute Gasteiger partial charge is 0.273 e. The summed E-state index contributed by atoms with van der Waals surface area (Å²) in [6, 6.07) is 10.3. The first kappa shape index (κ1) is 15.6. The van der Waals surface area contributed by atoms with Crippen LogP contribution in [0.3, 0.4) is 0 Å². The molecule has 2 rings (SSSR count). The van der Waals surface area contributed by atoms with Gasteiger partial charge in [-0.1, -0.05) is 11.6 Å². The number of hydrazine groups is 1. The lowest BCUT2D eigenvalue weighted by Gasteiger charge is -2.11. The van der Waals surface area contributed by atoms with Crippen LogP contribution in [-0.2, 0) is 0 Å². The van der Waals surface area contributed by atoms with Gasteiger partial charge in [0.15, 0.2) is 0 Å². The predicted molar refractivity (Wildman–Crippen MR) is 82.2 cm³/mol. The third kappa shape index (κ3) is 3.64. The molecule has 0 aromatic heterocycles. The lowest BCUT2D eigenvalue weighted by Crippen LogP contribution is -2.29. The molecule has 1 amide bonds. The Hall–Kier alpha value is -2.80. The van der Waals surface area contributed by atoms with Crippen LogP contribution in [0.15, 0.2) is 42.5 Å². The molecule has 0 aliphatic heterocycles. The number of benzene rings is 2. The van der Waals surface area contributed by atoms with Crippen molar-refractivity contribution in [1.29, 1.82) is 0 Å². The highest BCUT2D eigenvalue weighted by Gasteiger charge is 2.13. The molecule has 0 spiro atoms. The molecule has 0 unspecified atom stereocenters. The summed E-state index contributed by atoms with van der Waals surface area (Å²) in [4.78, 5) is 22.2. The van der Waals surface area contributed by atoms with Gasteiger partial charge < -0.3 is 4.74 Å². The average molecular weight is 322 g/mol. The van der Waals surface area contributed by atoms with Crippen LogP contribution in [0.4, 0.5) is 11.4 Å². The number of carbonyl (C=O) groups is 1. The number of rotatable bonds is 5. The first-order valence-electron chi connectivity index (χ1n) is 6.15. The van der Waals surface area contributed by atoms with E-state index in [9.17, 15) is 14.9 Å². The molecule has 0 radical (unpaired) electrons. The van der Waals surface area contributed by atoms with Crippen LogP contribution in [-0.4, -0.2) is 17.9 Å². The third-order valence-corrected chi connectivity index (χ3v) is 3.04. The summed E-state index contributed by atoms with van der Waals surface area (Å²) in [6.45, 7) is 0. The summed E-state index contributed by atoms with van der Waals surface area (Å²) in [5, 5.41) is 11.0. The van der Waals surface area contributed by atoms with E-state index >= 15 is 0 Å². The Morgan fingerprint density at radius 1 is 1.23 bits per heavy atom. The van der Waals surface area contributed by atoms with Gasteiger partial charge in [0.1, 0.15) is 5.75 Å². The van der Waals surface area contributed by atoms with Gasteiger partial charge in [-0.15, -0.1) is 0 Å². The number of carbonyl (C=O) groups excluding carboxylic acids is 1. The quantitative estimate of drug-likeness (QED) is 0.652. The largest absolute Gasteiger partial charge is 0.496 e. The number of non-ortho nitro benzene ring substituents is 1. The zero-order valence-corrected chi connectivity index (χ0v) is 12.3. The van der Waals surface area contributed by atoms with E-state index in [-0.39, 0.29) is 11.3 Å². The molecular formula is C14H12ClN3O4. The first-order chi connectivity index (χ1) is 10.5. The van der Waals surface area contributed by atoms with Crippen molar-refractivity contribution in [2.45, 2.75) is 0 Å². The maximum atomic E-state index is 12.1. The highest BCUT2D eigenvalue weighted by molar-refractivity contribution is 6.31. The van der Waals surface area contributed by atoms with Crippen LogP contribution < -0.4 is 15.6 Å². The molecule has 0 saturated heterocycles. The molecule has 0 atom stereocenters. The molecule has 0 bridgehead atoms. The van der Waals surface area contributed by atoms with Gasteiger partial charge in [0.25, 0.3) is 11.6 Å². The molecule has 114 valence electrons. The number of nitro benzene ring substituents is 1. The van der Waals surface area contributed by atoms with Crippen LogP contribution in [0.2, 0.25) is 5.02 Å². The number of amides is 1. The van der Waals surface area contributed by atoms with Gasteiger partial charge >= 0.3 is 0 Å². The van der Waals surface area contributed by atoms with Gasteiger partial charge in [-0.05, 0) is 30.3 Å². The van der Waals surface area contributed by atoms with Crippen molar-refractivity contribution in [2.24, 2.45) is 0 Å². The lowest BCUT2D eigenvalue weighted by atomic mass is 10.2. The molecule has 8 heteroatoms. The molecular weight excluding hydrogens is 310 g/mol. The number of hydrogen-bond donors (Lipinski definition) is 2. The first-order valence-corrected chi connectivity index (χ1v) is 6.53. The number of nitro groups is 1. The fraction of sp³-hybridized carbons (Fsp3) is 0.0714. The summed E-state index contributed by atoms with van der Waals surface area (Å²) in [7, 11) is 1.45. The minimum absolute atomic E-state index is 0.0339. The van der Waals surface area contributed by atoms with Crippen molar-refractivity contribution < 1.29 is 14.5 Å². The number of hydrogen-bond acceptors (Lipinski definition) is 5. The second kappa shape index (κ2) is 6.77. The maximum absolute atomic E-state index is 12.1. The number of ether oxygens (including phenoxy) is 1. The molecule has 0 aliphatic rings. The van der Waals surface area contributed by atoms with Crippen LogP contribution in [0.5, 0.6) is 5.75 Å². The second-order valence-electron chi connectivity index (χ2n) is 4.23. The predicted octanol–water partition coefficient (Wildman–Crippen LogP) is 3.01. The van der Waals surface area contributed by atoms with Gasteiger partial charge in [-0.25, -0.2) is 0 Å². The Labute approximate surface area is 131 Å². The van der Waals surface area contributed by atoms with Crippen molar-refractivity contribution in [1.82, 2.24) is 5.43 Å². The SMILES string of the molecule is COc1ccc(Cl)cc1C(=O)NNc1ccc([N+](=O)[O-])cc1. The van der Waals surface area contributed by atoms with Crippen LogP contribution in [0.1, 0.15) is 10.4 Å². The standard InChI is InChI=1S/C14H12ClN3O4/c1-22-13-7-2-9(15)8-12(13)14(19)17-16-10-3-5-11(6-4-10)18(20)21/h2-8,16H,1H3,(H,17,19). The van der Waals surface area contributed by atoms with Gasteiger partial charge in [0.2, 0.25) is 0 Å². The molecule has 0 heterocycles. The zero-order valence-electron chi connectivity index (χ0n) is 11.5. The van der Waals surface area contributed by atoms with E-state index in [1.54, 1.807) is 12.1 Å². The van der Waals surface area contributed by atoms with Crippen LogP contribution in [0, 0.1) is 10.1 Å². The Morgan fingerprint density at radius 2 is 1.91 bits per heavy atom. The van der Waals surface area contributed by atoms with Crippen molar-refractivity contribution in [3.63, 3.8) is 0 Å². The van der Waals surface area contributed by atoms with Gasteiger partial charge in [0, 0.05) is 17.2 Å². The van der Waals surface area contributed by atoms with Crippen molar-refractivity contribution in [3.05, 3.63) is 63.2 Å². The van der Waals surface area contributed by atoms with Crippen molar-refractivity contribution in [2.75, 3.05) is 12.5 Å². The summed E-state index contributed by atoms with van der Waals surface area (Å²) in [5.74, 6) is -0.0647. The van der Waals surface area contributed by atoms with E-state index < -0.39 is 10.8 Å². The van der Waals surface area contributed by atoms with E-state index in [0.29, 0.717) is 16.5 Å². The fourth-order valence-corrected chi connectivity index (χ4v) is 1.89. The molecule has 2 aromatic rings. The highest BCUT2D eigenvalue weighted by Crippen LogP contribution is 2.22. The number of nitrogens with zero attached hydrogens (tertiary/aromatic N) is 1. The van der Waals surface area contributed by atoms with Crippen LogP contribution in [0.25, 0.3) is 0 Å². The minimum atomic E-state index is -0.501.